The van der Waals surface area contributed by atoms with Crippen molar-refractivity contribution in [3.63, 3.8) is 0 Å². The second-order valence-corrected chi connectivity index (χ2v) is 12.2. The van der Waals surface area contributed by atoms with Crippen molar-refractivity contribution in [3.8, 4) is 5.75 Å². The maximum atomic E-state index is 14.9. The summed E-state index contributed by atoms with van der Waals surface area (Å²) in [7, 11) is 1.55. The summed E-state index contributed by atoms with van der Waals surface area (Å²) in [5.41, 5.74) is 11.1. The van der Waals surface area contributed by atoms with Gasteiger partial charge in [0.15, 0.2) is 0 Å². The summed E-state index contributed by atoms with van der Waals surface area (Å²) in [4.78, 5) is 27.7. The largest absolute Gasteiger partial charge is 0.494 e. The smallest absolute Gasteiger partial charge is 0.247 e. The highest BCUT2D eigenvalue weighted by Crippen LogP contribution is 2.41. The maximum Gasteiger partial charge on any atom is 0.247 e. The number of hydrazine groups is 1. The monoisotopic (exact) mass is 654 g/mol. The molecule has 6 rings (SSSR count). The number of fused-ring (bicyclic) bond motifs is 2. The third-order valence-electron chi connectivity index (χ3n) is 9.12. The Morgan fingerprint density at radius 1 is 1.24 bits per heavy atom. The zero-order chi connectivity index (χ0) is 32.4. The number of hydrogen-bond donors (Lipinski definition) is 4. The lowest BCUT2D eigenvalue weighted by atomic mass is 10.0. The highest BCUT2D eigenvalue weighted by Gasteiger charge is 2.43. The number of morpholine rings is 1. The fraction of sp³-hybridized carbons (Fsp3) is 0.438. The first-order chi connectivity index (χ1) is 22.3. The Hall–Kier alpha value is -3.88. The number of aliphatic imine (C=N–C) groups is 1. The molecule has 12 nitrogen and oxygen atoms in total. The number of anilines is 2. The van der Waals surface area contributed by atoms with Crippen molar-refractivity contribution in [2.24, 2.45) is 16.6 Å². The number of nitrogens with two attached hydrogens (primary N) is 2. The van der Waals surface area contributed by atoms with E-state index < -0.39 is 11.9 Å². The van der Waals surface area contributed by atoms with Gasteiger partial charge < -0.3 is 30.8 Å². The molecular formula is C32H40ClFN8O4. The van der Waals surface area contributed by atoms with Crippen molar-refractivity contribution >= 4 is 40.4 Å². The number of rotatable bonds is 10. The number of ether oxygens (including phenoxy) is 2. The first-order valence-corrected chi connectivity index (χ1v) is 15.8. The Morgan fingerprint density at radius 3 is 2.72 bits per heavy atom. The lowest BCUT2D eigenvalue weighted by Gasteiger charge is -2.41. The fourth-order valence-corrected chi connectivity index (χ4v) is 7.10. The Balaban J connectivity index is 1.25. The van der Waals surface area contributed by atoms with Crippen LogP contribution in [0.15, 0.2) is 59.9 Å². The molecule has 2 aromatic carbocycles. The number of halogens is 2. The van der Waals surface area contributed by atoms with Crippen LogP contribution in [0.3, 0.4) is 0 Å². The van der Waals surface area contributed by atoms with Crippen molar-refractivity contribution in [1.29, 1.82) is 0 Å². The van der Waals surface area contributed by atoms with Crippen LogP contribution in [-0.2, 0) is 14.4 Å². The van der Waals surface area contributed by atoms with Gasteiger partial charge in [-0.05, 0) is 37.5 Å². The number of carbonyl (C=O) groups is 1. The summed E-state index contributed by atoms with van der Waals surface area (Å²) < 4.78 is 26.4. The van der Waals surface area contributed by atoms with E-state index in [0.29, 0.717) is 53.9 Å². The Bertz CT molecular complexity index is 1530. The van der Waals surface area contributed by atoms with E-state index in [2.05, 4.69) is 32.1 Å². The van der Waals surface area contributed by atoms with Crippen LogP contribution >= 0.6 is 11.6 Å². The molecule has 4 heterocycles. The van der Waals surface area contributed by atoms with Gasteiger partial charge in [0.1, 0.15) is 28.9 Å². The van der Waals surface area contributed by atoms with Crippen LogP contribution < -0.4 is 32.0 Å². The van der Waals surface area contributed by atoms with Crippen LogP contribution in [0, 0.1) is 5.82 Å². The molecule has 14 heteroatoms. The summed E-state index contributed by atoms with van der Waals surface area (Å²) in [5.74, 6) is 5.78. The standard InChI is InChI=1S/C32H40ClFN8O4/c1-3-31(43)38-24-14-25(28(44-2)15-27(24)40-10-7-19(8-11-40)41-17-21-13-20(41)18-45-21)37-29(35)16-30(39-36)42-26(9-12-46-42)22-5-4-6-23(33)32(22)34/h3-6,14-16,19-21,26,39H,1,7-13,17-18,36H2,2H3,(H2,35,37)(H,38,43)/b30-16+/t20?,21-,26-/m1/s1. The van der Waals surface area contributed by atoms with E-state index in [9.17, 15) is 9.18 Å². The summed E-state index contributed by atoms with van der Waals surface area (Å²) in [6.45, 7) is 7.42. The molecule has 4 aliphatic rings. The van der Waals surface area contributed by atoms with Crippen LogP contribution in [0.4, 0.5) is 21.5 Å². The Morgan fingerprint density at radius 2 is 2.04 bits per heavy atom. The number of nitrogens with zero attached hydrogens (tertiary/aromatic N) is 4. The number of methoxy groups -OCH3 is 1. The van der Waals surface area contributed by atoms with Crippen molar-refractivity contribution in [2.45, 2.75) is 49.9 Å². The Kier molecular flexibility index (Phi) is 9.66. The molecule has 3 atom stereocenters. The van der Waals surface area contributed by atoms with Crippen molar-refractivity contribution in [3.05, 3.63) is 71.3 Å². The van der Waals surface area contributed by atoms with Gasteiger partial charge in [-0.1, -0.05) is 30.3 Å². The molecule has 4 saturated heterocycles. The highest BCUT2D eigenvalue weighted by atomic mass is 35.5. The second kappa shape index (κ2) is 13.9. The molecule has 2 bridgehead atoms. The normalized spacial score (nSPS) is 24.0. The van der Waals surface area contributed by atoms with Crippen molar-refractivity contribution < 1.29 is 23.5 Å². The molecule has 4 fully saturated rings. The van der Waals surface area contributed by atoms with Gasteiger partial charge in [-0.15, -0.1) is 0 Å². The predicted octanol–water partition coefficient (Wildman–Crippen LogP) is 3.73. The number of hydrogen-bond acceptors (Lipinski definition) is 10. The number of amides is 1. The topological polar surface area (TPSA) is 143 Å². The maximum absolute atomic E-state index is 14.9. The van der Waals surface area contributed by atoms with Gasteiger partial charge in [0, 0.05) is 55.8 Å². The molecular weight excluding hydrogens is 615 g/mol. The van der Waals surface area contributed by atoms with Crippen molar-refractivity contribution in [1.82, 2.24) is 15.4 Å². The van der Waals surface area contributed by atoms with Gasteiger partial charge in [0.25, 0.3) is 0 Å². The van der Waals surface area contributed by atoms with Gasteiger partial charge in [-0.25, -0.2) is 20.3 Å². The number of carbonyl (C=O) groups excluding carboxylic acids is 1. The minimum Gasteiger partial charge on any atom is -0.494 e. The second-order valence-electron chi connectivity index (χ2n) is 11.8. The highest BCUT2D eigenvalue weighted by molar-refractivity contribution is 6.30. The quantitative estimate of drug-likeness (QED) is 0.0984. The van der Waals surface area contributed by atoms with E-state index in [1.807, 2.05) is 6.07 Å². The number of hydroxylamine groups is 2. The zero-order valence-corrected chi connectivity index (χ0v) is 26.5. The van der Waals surface area contributed by atoms with Gasteiger partial charge in [-0.3, -0.25) is 14.5 Å². The number of nitrogens with one attached hydrogen (secondary N) is 2. The van der Waals surface area contributed by atoms with Gasteiger partial charge >= 0.3 is 0 Å². The molecule has 0 spiro atoms. The minimum atomic E-state index is -0.525. The van der Waals surface area contributed by atoms with Crippen LogP contribution in [-0.4, -0.2) is 79.9 Å². The lowest BCUT2D eigenvalue weighted by molar-refractivity contribution is -0.111. The van der Waals surface area contributed by atoms with E-state index in [-0.39, 0.29) is 22.6 Å². The molecule has 46 heavy (non-hydrogen) atoms. The molecule has 246 valence electrons. The van der Waals surface area contributed by atoms with Crippen LogP contribution in [0.1, 0.15) is 37.3 Å². The lowest BCUT2D eigenvalue weighted by Crippen LogP contribution is -2.49. The first kappa shape index (κ1) is 32.1. The fourth-order valence-electron chi connectivity index (χ4n) is 6.92. The van der Waals surface area contributed by atoms with E-state index in [1.165, 1.54) is 23.3 Å². The molecule has 6 N–H and O–H groups in total. The predicted molar refractivity (Wildman–Crippen MR) is 175 cm³/mol. The zero-order valence-electron chi connectivity index (χ0n) is 25.8. The third kappa shape index (κ3) is 6.51. The van der Waals surface area contributed by atoms with Crippen LogP contribution in [0.2, 0.25) is 5.02 Å². The summed E-state index contributed by atoms with van der Waals surface area (Å²) in [5, 5.41) is 4.40. The van der Waals surface area contributed by atoms with E-state index in [4.69, 9.17) is 37.5 Å². The average Bonchev–Trinajstić information content (AvgIpc) is 3.84. The van der Waals surface area contributed by atoms with Gasteiger partial charge in [-0.2, -0.15) is 0 Å². The molecule has 1 unspecified atom stereocenters. The van der Waals surface area contributed by atoms with Crippen LogP contribution in [0.25, 0.3) is 0 Å². The average molecular weight is 655 g/mol. The third-order valence-corrected chi connectivity index (χ3v) is 9.41. The summed E-state index contributed by atoms with van der Waals surface area (Å²) in [6.07, 6.45) is 6.72. The summed E-state index contributed by atoms with van der Waals surface area (Å²) >= 11 is 6.04. The molecule has 4 aliphatic heterocycles. The van der Waals surface area contributed by atoms with Gasteiger partial charge in [0.2, 0.25) is 5.91 Å². The van der Waals surface area contributed by atoms with E-state index in [0.717, 1.165) is 51.2 Å². The van der Waals surface area contributed by atoms with E-state index in [1.54, 1.807) is 25.3 Å². The Labute approximate surface area is 272 Å². The number of benzene rings is 2. The SMILES string of the molecule is C=CC(=O)Nc1cc(N=C(N)/C=C(\NN)N2OCC[C@@H]2c2cccc(Cl)c2F)c(OC)cc1N1CCC(N2C[C@H]3CC2CO3)CC1. The van der Waals surface area contributed by atoms with Gasteiger partial charge in [0.05, 0.1) is 48.9 Å². The van der Waals surface area contributed by atoms with Crippen molar-refractivity contribution in [2.75, 3.05) is 50.2 Å². The van der Waals surface area contributed by atoms with E-state index >= 15 is 0 Å². The number of amidine groups is 1. The molecule has 1 amide bonds. The molecule has 0 aromatic heterocycles. The molecule has 0 radical (unpaired) electrons. The number of piperidine rings is 1. The minimum absolute atomic E-state index is 0.0180. The molecule has 2 aromatic rings. The first-order valence-electron chi connectivity index (χ1n) is 15.5. The summed E-state index contributed by atoms with van der Waals surface area (Å²) in [6, 6.07) is 8.95. The molecule has 0 saturated carbocycles. The molecule has 0 aliphatic carbocycles. The van der Waals surface area contributed by atoms with Crippen LogP contribution in [0.5, 0.6) is 5.75 Å². The number of likely N-dealkylation sites (tertiary alicyclic amines) is 1.